The van der Waals surface area contributed by atoms with Gasteiger partial charge in [-0.05, 0) is 19.4 Å². The van der Waals surface area contributed by atoms with Crippen LogP contribution in [0.3, 0.4) is 0 Å². The molecule has 2 rings (SSSR count). The molecule has 6 nitrogen and oxygen atoms in total. The Kier molecular flexibility index (Phi) is 5.16. The third kappa shape index (κ3) is 3.26. The van der Waals surface area contributed by atoms with Gasteiger partial charge in [-0.3, -0.25) is 9.59 Å². The van der Waals surface area contributed by atoms with Crippen LogP contribution in [0.2, 0.25) is 0 Å². The van der Waals surface area contributed by atoms with Crippen LogP contribution in [-0.2, 0) is 19.1 Å². The maximum Gasteiger partial charge on any atom is 0.412 e. The minimum atomic E-state index is -1.43. The van der Waals surface area contributed by atoms with Crippen molar-refractivity contribution in [3.05, 3.63) is 48.2 Å². The van der Waals surface area contributed by atoms with Crippen molar-refractivity contribution >= 4 is 17.8 Å². The normalized spacial score (nSPS) is 21.7. The zero-order valence-electron chi connectivity index (χ0n) is 13.1. The van der Waals surface area contributed by atoms with Crippen molar-refractivity contribution in [2.45, 2.75) is 26.3 Å². The van der Waals surface area contributed by atoms with Gasteiger partial charge in [0.1, 0.15) is 5.78 Å². The maximum atomic E-state index is 12.3. The summed E-state index contributed by atoms with van der Waals surface area (Å²) in [6.07, 6.45) is 2.26. The smallest absolute Gasteiger partial charge is 0.412 e. The molecule has 0 aromatic heterocycles. The molecular weight excluding hydrogens is 298 g/mol. The Morgan fingerprint density at radius 1 is 1.35 bits per heavy atom. The van der Waals surface area contributed by atoms with E-state index >= 15 is 0 Å². The fourth-order valence-electron chi connectivity index (χ4n) is 2.74. The molecule has 6 heteroatoms. The van der Waals surface area contributed by atoms with Crippen LogP contribution in [0.1, 0.15) is 31.9 Å². The maximum absolute atomic E-state index is 12.3. The highest BCUT2D eigenvalue weighted by molar-refractivity contribution is 6.05. The predicted octanol–water partition coefficient (Wildman–Crippen LogP) is 2.51. The van der Waals surface area contributed by atoms with E-state index in [0.717, 1.165) is 0 Å². The third-order valence-electron chi connectivity index (χ3n) is 3.92. The fraction of sp³-hybridized carbons (Fsp3) is 0.353. The molecule has 1 aliphatic heterocycles. The van der Waals surface area contributed by atoms with Gasteiger partial charge in [0.05, 0.1) is 18.9 Å². The van der Waals surface area contributed by atoms with Crippen LogP contribution in [0.5, 0.6) is 0 Å². The van der Waals surface area contributed by atoms with Gasteiger partial charge >= 0.3 is 12.1 Å². The van der Waals surface area contributed by atoms with Crippen molar-refractivity contribution in [3.63, 3.8) is 0 Å². The van der Waals surface area contributed by atoms with E-state index in [9.17, 15) is 14.4 Å². The number of nitrogens with one attached hydrogen (secondary N) is 1. The Hall–Kier alpha value is -2.63. The third-order valence-corrected chi connectivity index (χ3v) is 3.92. The summed E-state index contributed by atoms with van der Waals surface area (Å²) >= 11 is 0. The number of Topliss-reactive ketones (excluding diaryl/α,β-unsaturated/α-hetero) is 1. The van der Waals surface area contributed by atoms with E-state index in [1.165, 1.54) is 13.2 Å². The number of ether oxygens (including phenoxy) is 2. The molecule has 1 aliphatic rings. The van der Waals surface area contributed by atoms with Crippen LogP contribution in [-0.4, -0.2) is 24.5 Å². The van der Waals surface area contributed by atoms with Crippen molar-refractivity contribution < 1.29 is 23.9 Å². The number of alkyl carbamates (subject to hydrolysis) is 1. The summed E-state index contributed by atoms with van der Waals surface area (Å²) in [5, 5.41) is 2.63. The molecule has 1 amide bonds. The quantitative estimate of drug-likeness (QED) is 0.512. The largest absolute Gasteiger partial charge is 0.465 e. The van der Waals surface area contributed by atoms with E-state index in [4.69, 9.17) is 9.47 Å². The number of rotatable bonds is 5. The molecule has 0 spiro atoms. The summed E-state index contributed by atoms with van der Waals surface area (Å²) < 4.78 is 9.90. The number of carbonyl (C=O) groups is 3. The zero-order chi connectivity index (χ0) is 16.9. The molecule has 2 atom stereocenters. The van der Waals surface area contributed by atoms with Crippen LogP contribution in [0, 0.1) is 5.41 Å². The van der Waals surface area contributed by atoms with Gasteiger partial charge in [-0.15, -0.1) is 0 Å². The second kappa shape index (κ2) is 7.09. The van der Waals surface area contributed by atoms with Crippen LogP contribution in [0.25, 0.3) is 0 Å². The molecule has 0 radical (unpaired) electrons. The molecule has 1 fully saturated rings. The number of esters is 1. The van der Waals surface area contributed by atoms with Gasteiger partial charge < -0.3 is 14.8 Å². The number of benzene rings is 1. The lowest BCUT2D eigenvalue weighted by atomic mass is 9.73. The SMILES string of the molecule is CC=COC(=O)N[C@@H](c1ccccc1)[C@]1(C(C)=O)CCOC1=O. The second-order valence-corrected chi connectivity index (χ2v) is 5.28. The Morgan fingerprint density at radius 3 is 2.57 bits per heavy atom. The van der Waals surface area contributed by atoms with Gasteiger partial charge in [0.2, 0.25) is 0 Å². The van der Waals surface area contributed by atoms with Gasteiger partial charge in [0.25, 0.3) is 0 Å². The summed E-state index contributed by atoms with van der Waals surface area (Å²) in [4.78, 5) is 36.5. The van der Waals surface area contributed by atoms with Crippen molar-refractivity contribution in [3.8, 4) is 0 Å². The lowest BCUT2D eigenvalue weighted by molar-refractivity contribution is -0.152. The number of cyclic esters (lactones) is 1. The minimum Gasteiger partial charge on any atom is -0.465 e. The first-order valence-electron chi connectivity index (χ1n) is 7.34. The van der Waals surface area contributed by atoms with Crippen LogP contribution in [0.15, 0.2) is 42.7 Å². The summed E-state index contributed by atoms with van der Waals surface area (Å²) in [7, 11) is 0. The lowest BCUT2D eigenvalue weighted by Gasteiger charge is -2.32. The minimum absolute atomic E-state index is 0.146. The molecule has 0 saturated carbocycles. The van der Waals surface area contributed by atoms with E-state index in [2.05, 4.69) is 5.32 Å². The molecule has 122 valence electrons. The van der Waals surface area contributed by atoms with E-state index in [0.29, 0.717) is 5.56 Å². The van der Waals surface area contributed by atoms with Crippen molar-refractivity contribution in [1.82, 2.24) is 5.32 Å². The van der Waals surface area contributed by atoms with Crippen molar-refractivity contribution in [1.29, 1.82) is 0 Å². The van der Waals surface area contributed by atoms with Gasteiger partial charge in [-0.1, -0.05) is 36.4 Å². The Morgan fingerprint density at radius 2 is 2.04 bits per heavy atom. The number of hydrogen-bond donors (Lipinski definition) is 1. The standard InChI is InChI=1S/C17H19NO5/c1-3-10-23-16(21)18-14(13-7-5-4-6-8-13)17(12(2)19)9-11-22-15(17)20/h3-8,10,14H,9,11H2,1-2H3,(H,18,21)/t14-,17+/m0/s1. The summed E-state index contributed by atoms with van der Waals surface area (Å²) in [5.74, 6) is -0.967. The van der Waals surface area contributed by atoms with E-state index < -0.39 is 23.5 Å². The Labute approximate surface area is 134 Å². The molecule has 1 saturated heterocycles. The molecule has 1 heterocycles. The summed E-state index contributed by atoms with van der Waals surface area (Å²) in [5.41, 5.74) is -0.796. The predicted molar refractivity (Wildman–Crippen MR) is 82.3 cm³/mol. The fourth-order valence-corrected chi connectivity index (χ4v) is 2.74. The van der Waals surface area contributed by atoms with Gasteiger partial charge in [0, 0.05) is 6.42 Å². The molecule has 1 aromatic rings. The van der Waals surface area contributed by atoms with Gasteiger partial charge in [-0.25, -0.2) is 4.79 Å². The van der Waals surface area contributed by atoms with Gasteiger partial charge in [-0.2, -0.15) is 0 Å². The Balaban J connectivity index is 2.42. The first kappa shape index (κ1) is 16.7. The number of carbonyl (C=O) groups excluding carboxylic acids is 3. The van der Waals surface area contributed by atoms with Crippen LogP contribution < -0.4 is 5.32 Å². The first-order valence-corrected chi connectivity index (χ1v) is 7.34. The van der Waals surface area contributed by atoms with E-state index in [-0.39, 0.29) is 18.8 Å². The van der Waals surface area contributed by atoms with Crippen molar-refractivity contribution in [2.75, 3.05) is 6.61 Å². The number of hydrogen-bond acceptors (Lipinski definition) is 5. The molecule has 0 aliphatic carbocycles. The van der Waals surface area contributed by atoms with Crippen LogP contribution in [0.4, 0.5) is 4.79 Å². The summed E-state index contributed by atoms with van der Waals surface area (Å²) in [6.45, 7) is 3.18. The molecule has 23 heavy (non-hydrogen) atoms. The number of ketones is 1. The van der Waals surface area contributed by atoms with E-state index in [1.54, 1.807) is 37.3 Å². The number of allylic oxidation sites excluding steroid dienone is 1. The van der Waals surface area contributed by atoms with E-state index in [1.807, 2.05) is 6.07 Å². The topological polar surface area (TPSA) is 81.7 Å². The molecule has 0 bridgehead atoms. The zero-order valence-corrected chi connectivity index (χ0v) is 13.1. The highest BCUT2D eigenvalue weighted by atomic mass is 16.5. The van der Waals surface area contributed by atoms with Gasteiger partial charge in [0.15, 0.2) is 5.41 Å². The first-order chi connectivity index (χ1) is 11.0. The average Bonchev–Trinajstić information content (AvgIpc) is 2.94. The highest BCUT2D eigenvalue weighted by Gasteiger charge is 2.55. The second-order valence-electron chi connectivity index (χ2n) is 5.28. The highest BCUT2D eigenvalue weighted by Crippen LogP contribution is 2.43. The molecular formula is C17H19NO5. The number of amides is 1. The summed E-state index contributed by atoms with van der Waals surface area (Å²) in [6, 6.07) is 8.00. The monoisotopic (exact) mass is 317 g/mol. The molecule has 0 unspecified atom stereocenters. The molecule has 1 N–H and O–H groups in total. The molecule has 1 aromatic carbocycles. The Bertz CT molecular complexity index is 625. The lowest BCUT2D eigenvalue weighted by Crippen LogP contribution is -2.48. The average molecular weight is 317 g/mol. The van der Waals surface area contributed by atoms with Crippen LogP contribution >= 0.6 is 0 Å². The van der Waals surface area contributed by atoms with Crippen molar-refractivity contribution in [2.24, 2.45) is 5.41 Å².